The Balaban J connectivity index is 1.42. The summed E-state index contributed by atoms with van der Waals surface area (Å²) in [6.45, 7) is 0.451. The van der Waals surface area contributed by atoms with Gasteiger partial charge in [-0.05, 0) is 43.2 Å². The van der Waals surface area contributed by atoms with Gasteiger partial charge in [-0.3, -0.25) is 10.1 Å². The number of piperidine rings is 1. The number of sulfonamides is 1. The van der Waals surface area contributed by atoms with Gasteiger partial charge in [-0.2, -0.15) is 4.31 Å². The summed E-state index contributed by atoms with van der Waals surface area (Å²) in [5.41, 5.74) is 1.60. The van der Waals surface area contributed by atoms with Crippen molar-refractivity contribution in [3.05, 3.63) is 52.5 Å². The summed E-state index contributed by atoms with van der Waals surface area (Å²) in [4.78, 5) is 20.0. The fourth-order valence-corrected chi connectivity index (χ4v) is 5.61. The second-order valence-corrected chi connectivity index (χ2v) is 9.59. The number of carbonyl (C=O) groups is 1. The van der Waals surface area contributed by atoms with E-state index >= 15 is 0 Å². The number of hydrogen-bond donors (Lipinski definition) is 2. The topological polar surface area (TPSA) is 95.2 Å². The van der Waals surface area contributed by atoms with Crippen LogP contribution < -0.4 is 5.32 Å². The minimum absolute atomic E-state index is 0.0168. The maximum atomic E-state index is 12.9. The Labute approximate surface area is 178 Å². The van der Waals surface area contributed by atoms with Crippen LogP contribution in [0.3, 0.4) is 0 Å². The van der Waals surface area contributed by atoms with Crippen LogP contribution in [0.1, 0.15) is 12.8 Å². The number of para-hydroxylation sites is 2. The second-order valence-electron chi connectivity index (χ2n) is 6.84. The fourth-order valence-electron chi connectivity index (χ4n) is 3.40. The van der Waals surface area contributed by atoms with Gasteiger partial charge in [0, 0.05) is 24.0 Å². The molecule has 1 saturated heterocycles. The van der Waals surface area contributed by atoms with E-state index in [0.29, 0.717) is 23.8 Å². The van der Waals surface area contributed by atoms with E-state index in [9.17, 15) is 13.2 Å². The number of aromatic amines is 1. The molecule has 1 amide bonds. The van der Waals surface area contributed by atoms with Crippen molar-refractivity contribution in [1.82, 2.24) is 14.3 Å². The van der Waals surface area contributed by atoms with E-state index in [1.807, 2.05) is 24.3 Å². The quantitative estimate of drug-likeness (QED) is 0.626. The number of carbonyl (C=O) groups excluding carboxylic acids is 1. The lowest BCUT2D eigenvalue weighted by Crippen LogP contribution is -2.41. The predicted octanol–water partition coefficient (Wildman–Crippen LogP) is 3.91. The lowest BCUT2D eigenvalue weighted by atomic mass is 9.97. The number of nitrogens with zero attached hydrogens (tertiary/aromatic N) is 2. The molecule has 152 valence electrons. The second kappa shape index (κ2) is 7.95. The van der Waals surface area contributed by atoms with Gasteiger partial charge in [0.1, 0.15) is 4.90 Å². The molecule has 0 spiro atoms. The highest BCUT2D eigenvalue weighted by atomic mass is 35.5. The van der Waals surface area contributed by atoms with Crippen molar-refractivity contribution in [3.63, 3.8) is 0 Å². The molecule has 4 rings (SSSR count). The van der Waals surface area contributed by atoms with Crippen LogP contribution in [0.15, 0.2) is 47.4 Å². The molecular formula is C19H18Cl2N4O3S. The first-order valence-corrected chi connectivity index (χ1v) is 11.2. The number of aromatic nitrogens is 2. The average Bonchev–Trinajstić information content (AvgIpc) is 3.12. The third-order valence-corrected chi connectivity index (χ3v) is 7.58. The van der Waals surface area contributed by atoms with Crippen LogP contribution in [0.5, 0.6) is 0 Å². The van der Waals surface area contributed by atoms with Crippen molar-refractivity contribution < 1.29 is 13.2 Å². The van der Waals surface area contributed by atoms with Gasteiger partial charge in [0.05, 0.1) is 16.1 Å². The van der Waals surface area contributed by atoms with Crippen molar-refractivity contribution in [3.8, 4) is 0 Å². The Morgan fingerprint density at radius 1 is 1.14 bits per heavy atom. The molecule has 1 aromatic heterocycles. The van der Waals surface area contributed by atoms with Crippen LogP contribution in [0.4, 0.5) is 5.95 Å². The molecule has 2 N–H and O–H groups in total. The summed E-state index contributed by atoms with van der Waals surface area (Å²) in [5.74, 6) is -0.0941. The van der Waals surface area contributed by atoms with Gasteiger partial charge < -0.3 is 4.98 Å². The first-order chi connectivity index (χ1) is 13.8. The molecule has 0 saturated carbocycles. The molecule has 0 unspecified atom stereocenters. The van der Waals surface area contributed by atoms with E-state index < -0.39 is 10.0 Å². The number of fused-ring (bicyclic) bond motifs is 1. The van der Waals surface area contributed by atoms with Gasteiger partial charge >= 0.3 is 0 Å². The monoisotopic (exact) mass is 452 g/mol. The van der Waals surface area contributed by atoms with Gasteiger partial charge in [-0.1, -0.05) is 35.3 Å². The number of rotatable bonds is 4. The smallest absolute Gasteiger partial charge is 0.244 e. The highest BCUT2D eigenvalue weighted by Gasteiger charge is 2.33. The number of imidazole rings is 1. The minimum Gasteiger partial charge on any atom is -0.324 e. The summed E-state index contributed by atoms with van der Waals surface area (Å²) in [6, 6.07) is 11.8. The highest BCUT2D eigenvalue weighted by molar-refractivity contribution is 7.89. The lowest BCUT2D eigenvalue weighted by Gasteiger charge is -2.30. The van der Waals surface area contributed by atoms with Crippen LogP contribution in [-0.2, 0) is 14.8 Å². The maximum Gasteiger partial charge on any atom is 0.244 e. The van der Waals surface area contributed by atoms with Crippen molar-refractivity contribution in [1.29, 1.82) is 0 Å². The minimum atomic E-state index is -3.77. The predicted molar refractivity (Wildman–Crippen MR) is 113 cm³/mol. The fraction of sp³-hybridized carbons (Fsp3) is 0.263. The largest absolute Gasteiger partial charge is 0.324 e. The Hall–Kier alpha value is -2.13. The molecule has 10 heteroatoms. The third kappa shape index (κ3) is 4.11. The van der Waals surface area contributed by atoms with E-state index in [1.54, 1.807) is 0 Å². The van der Waals surface area contributed by atoms with E-state index in [4.69, 9.17) is 23.2 Å². The summed E-state index contributed by atoms with van der Waals surface area (Å²) >= 11 is 12.0. The number of benzene rings is 2. The molecule has 3 aromatic rings. The standard InChI is InChI=1S/C19H18Cl2N4O3S/c20-13-5-6-14(21)17(11-13)29(27,28)25-9-7-12(8-10-25)18(26)24-19-22-15-3-1-2-4-16(15)23-19/h1-6,11-12H,7-10H2,(H2,22,23,24,26). The molecule has 2 heterocycles. The number of hydrogen-bond acceptors (Lipinski definition) is 4. The van der Waals surface area contributed by atoms with Crippen molar-refractivity contribution in [2.24, 2.45) is 5.92 Å². The molecule has 0 atom stereocenters. The maximum absolute atomic E-state index is 12.9. The van der Waals surface area contributed by atoms with Crippen LogP contribution >= 0.6 is 23.2 Å². The van der Waals surface area contributed by atoms with Gasteiger partial charge in [0.15, 0.2) is 0 Å². The highest BCUT2D eigenvalue weighted by Crippen LogP contribution is 2.30. The number of anilines is 1. The van der Waals surface area contributed by atoms with E-state index in [0.717, 1.165) is 11.0 Å². The van der Waals surface area contributed by atoms with Gasteiger partial charge in [-0.15, -0.1) is 0 Å². The Morgan fingerprint density at radius 2 is 1.86 bits per heavy atom. The average molecular weight is 453 g/mol. The molecule has 0 radical (unpaired) electrons. The summed E-state index contributed by atoms with van der Waals surface area (Å²) in [6.07, 6.45) is 0.812. The molecule has 29 heavy (non-hydrogen) atoms. The Bertz CT molecular complexity index is 1140. The number of nitrogens with one attached hydrogen (secondary N) is 2. The SMILES string of the molecule is O=C(Nc1nc2ccccc2[nH]1)C1CCN(S(=O)(=O)c2cc(Cl)ccc2Cl)CC1. The van der Waals surface area contributed by atoms with Crippen LogP contribution in [0.2, 0.25) is 10.0 Å². The third-order valence-electron chi connectivity index (χ3n) is 4.97. The van der Waals surface area contributed by atoms with Crippen LogP contribution in [-0.4, -0.2) is 41.7 Å². The Kier molecular flexibility index (Phi) is 5.52. The molecule has 1 fully saturated rings. The number of halogens is 2. The van der Waals surface area contributed by atoms with Crippen molar-refractivity contribution >= 4 is 56.1 Å². The van der Waals surface area contributed by atoms with Crippen molar-refractivity contribution in [2.75, 3.05) is 18.4 Å². The van der Waals surface area contributed by atoms with Crippen molar-refractivity contribution in [2.45, 2.75) is 17.7 Å². The molecule has 1 aliphatic rings. The van der Waals surface area contributed by atoms with Gasteiger partial charge in [0.25, 0.3) is 0 Å². The molecule has 2 aromatic carbocycles. The first kappa shape index (κ1) is 20.2. The van der Waals surface area contributed by atoms with E-state index in [1.165, 1.54) is 22.5 Å². The summed E-state index contributed by atoms with van der Waals surface area (Å²) in [7, 11) is -3.77. The number of H-pyrrole nitrogens is 1. The molecule has 1 aliphatic heterocycles. The normalized spacial score (nSPS) is 16.2. The zero-order valence-electron chi connectivity index (χ0n) is 15.2. The van der Waals surface area contributed by atoms with Gasteiger partial charge in [-0.25, -0.2) is 13.4 Å². The molecule has 0 bridgehead atoms. The van der Waals surface area contributed by atoms with Crippen LogP contribution in [0.25, 0.3) is 11.0 Å². The first-order valence-electron chi connectivity index (χ1n) is 9.05. The molecular weight excluding hydrogens is 435 g/mol. The van der Waals surface area contributed by atoms with Gasteiger partial charge in [0.2, 0.25) is 21.9 Å². The molecule has 7 nitrogen and oxygen atoms in total. The zero-order valence-corrected chi connectivity index (χ0v) is 17.6. The number of amides is 1. The van der Waals surface area contributed by atoms with E-state index in [-0.39, 0.29) is 34.8 Å². The van der Waals surface area contributed by atoms with Crippen LogP contribution in [0, 0.1) is 5.92 Å². The zero-order chi connectivity index (χ0) is 20.6. The summed E-state index contributed by atoms with van der Waals surface area (Å²) < 4.78 is 27.1. The lowest BCUT2D eigenvalue weighted by molar-refractivity contribution is -0.120. The molecule has 0 aliphatic carbocycles. The van der Waals surface area contributed by atoms with E-state index in [2.05, 4.69) is 15.3 Å². The summed E-state index contributed by atoms with van der Waals surface area (Å²) in [5, 5.41) is 3.21. The Morgan fingerprint density at radius 3 is 2.59 bits per heavy atom.